The summed E-state index contributed by atoms with van der Waals surface area (Å²) in [6, 6.07) is 5.61. The summed E-state index contributed by atoms with van der Waals surface area (Å²) in [6.07, 6.45) is 1.54. The predicted octanol–water partition coefficient (Wildman–Crippen LogP) is 3.17. The van der Waals surface area contributed by atoms with Crippen LogP contribution in [0.15, 0.2) is 35.3 Å². The van der Waals surface area contributed by atoms with Crippen LogP contribution in [0, 0.1) is 6.92 Å². The molecule has 0 atom stereocenters. The molecule has 1 amide bonds. The first-order valence-electron chi connectivity index (χ1n) is 6.53. The maximum Gasteiger partial charge on any atom is 0.259 e. The Morgan fingerprint density at radius 2 is 2.18 bits per heavy atom. The number of carbonyl (C=O) groups is 1. The maximum absolute atomic E-state index is 12.0. The summed E-state index contributed by atoms with van der Waals surface area (Å²) in [4.78, 5) is 17.5. The molecular formula is C14H13N5OS2. The van der Waals surface area contributed by atoms with Gasteiger partial charge in [-0.25, -0.2) is 4.98 Å². The van der Waals surface area contributed by atoms with Crippen LogP contribution in [0.2, 0.25) is 0 Å². The normalized spacial score (nSPS) is 10.4. The van der Waals surface area contributed by atoms with Crippen LogP contribution in [-0.4, -0.2) is 21.1 Å². The molecule has 0 aliphatic rings. The molecule has 0 aliphatic heterocycles. The van der Waals surface area contributed by atoms with Gasteiger partial charge in [0.1, 0.15) is 11.3 Å². The molecule has 112 valence electrons. The van der Waals surface area contributed by atoms with Crippen LogP contribution in [0.3, 0.4) is 0 Å². The van der Waals surface area contributed by atoms with Crippen LogP contribution in [0.1, 0.15) is 20.8 Å². The molecule has 22 heavy (non-hydrogen) atoms. The second kappa shape index (κ2) is 6.63. The van der Waals surface area contributed by atoms with Gasteiger partial charge < -0.3 is 5.32 Å². The van der Waals surface area contributed by atoms with E-state index in [0.717, 1.165) is 12.4 Å². The SMILES string of the molecule is Cc1ccsc1CNc1ccc(C(=O)Nc2nncs2)cn1. The summed E-state index contributed by atoms with van der Waals surface area (Å²) in [5, 5.41) is 15.9. The van der Waals surface area contributed by atoms with E-state index in [9.17, 15) is 4.79 Å². The van der Waals surface area contributed by atoms with Crippen LogP contribution in [-0.2, 0) is 6.54 Å². The number of hydrogen-bond acceptors (Lipinski definition) is 7. The fraction of sp³-hybridized carbons (Fsp3) is 0.143. The first-order chi connectivity index (χ1) is 10.7. The Balaban J connectivity index is 1.60. The molecule has 6 nitrogen and oxygen atoms in total. The highest BCUT2D eigenvalue weighted by Crippen LogP contribution is 2.17. The van der Waals surface area contributed by atoms with Crippen molar-refractivity contribution in [1.82, 2.24) is 15.2 Å². The molecule has 3 rings (SSSR count). The largest absolute Gasteiger partial charge is 0.365 e. The van der Waals surface area contributed by atoms with Crippen LogP contribution < -0.4 is 10.6 Å². The maximum atomic E-state index is 12.0. The molecule has 0 saturated heterocycles. The number of thiophene rings is 1. The van der Waals surface area contributed by atoms with Gasteiger partial charge in [0.2, 0.25) is 5.13 Å². The number of pyridine rings is 1. The lowest BCUT2D eigenvalue weighted by atomic mass is 10.2. The lowest BCUT2D eigenvalue weighted by molar-refractivity contribution is 0.102. The van der Waals surface area contributed by atoms with Crippen molar-refractivity contribution in [3.05, 3.63) is 51.3 Å². The number of rotatable bonds is 5. The van der Waals surface area contributed by atoms with Crippen molar-refractivity contribution in [1.29, 1.82) is 0 Å². The van der Waals surface area contributed by atoms with Gasteiger partial charge in [0.05, 0.1) is 12.1 Å². The Bertz CT molecular complexity index is 752. The molecule has 0 radical (unpaired) electrons. The summed E-state index contributed by atoms with van der Waals surface area (Å²) in [7, 11) is 0. The summed E-state index contributed by atoms with van der Waals surface area (Å²) in [6.45, 7) is 2.81. The third-order valence-electron chi connectivity index (χ3n) is 3.00. The molecule has 0 aromatic carbocycles. The molecule has 8 heteroatoms. The van der Waals surface area contributed by atoms with E-state index < -0.39 is 0 Å². The molecule has 0 saturated carbocycles. The van der Waals surface area contributed by atoms with Gasteiger partial charge in [-0.1, -0.05) is 11.3 Å². The molecular weight excluding hydrogens is 318 g/mol. The Labute approximate surface area is 135 Å². The second-order valence-corrected chi connectivity index (χ2v) is 6.34. The van der Waals surface area contributed by atoms with Gasteiger partial charge in [-0.3, -0.25) is 10.1 Å². The molecule has 0 aliphatic carbocycles. The van der Waals surface area contributed by atoms with E-state index in [0.29, 0.717) is 10.7 Å². The van der Waals surface area contributed by atoms with E-state index in [-0.39, 0.29) is 5.91 Å². The number of nitrogens with one attached hydrogen (secondary N) is 2. The fourth-order valence-electron chi connectivity index (χ4n) is 1.79. The molecule has 0 bridgehead atoms. The van der Waals surface area contributed by atoms with Crippen LogP contribution in [0.25, 0.3) is 0 Å². The zero-order chi connectivity index (χ0) is 15.4. The fourth-order valence-corrected chi connectivity index (χ4v) is 3.07. The Morgan fingerprint density at radius 1 is 1.27 bits per heavy atom. The van der Waals surface area contributed by atoms with Crippen molar-refractivity contribution in [3.63, 3.8) is 0 Å². The average Bonchev–Trinajstić information content (AvgIpc) is 3.17. The average molecular weight is 331 g/mol. The summed E-state index contributed by atoms with van der Waals surface area (Å²) >= 11 is 2.98. The Morgan fingerprint density at radius 3 is 2.82 bits per heavy atom. The van der Waals surface area contributed by atoms with Gasteiger partial charge in [-0.05, 0) is 36.1 Å². The minimum Gasteiger partial charge on any atom is -0.365 e. The van der Waals surface area contributed by atoms with Gasteiger partial charge in [0.25, 0.3) is 5.91 Å². The summed E-state index contributed by atoms with van der Waals surface area (Å²) < 4.78 is 0. The second-order valence-electron chi connectivity index (χ2n) is 4.51. The smallest absolute Gasteiger partial charge is 0.259 e. The molecule has 2 N–H and O–H groups in total. The number of nitrogens with zero attached hydrogens (tertiary/aromatic N) is 3. The van der Waals surface area contributed by atoms with Crippen molar-refractivity contribution in [3.8, 4) is 0 Å². The highest BCUT2D eigenvalue weighted by molar-refractivity contribution is 7.13. The van der Waals surface area contributed by atoms with E-state index >= 15 is 0 Å². The van der Waals surface area contributed by atoms with Gasteiger partial charge in [-0.2, -0.15) is 0 Å². The van der Waals surface area contributed by atoms with Crippen molar-refractivity contribution >= 4 is 39.5 Å². The lowest BCUT2D eigenvalue weighted by Gasteiger charge is -2.06. The molecule has 0 fully saturated rings. The minimum absolute atomic E-state index is 0.245. The molecule has 0 unspecified atom stereocenters. The predicted molar refractivity (Wildman–Crippen MR) is 88.5 cm³/mol. The van der Waals surface area contributed by atoms with Crippen molar-refractivity contribution in [2.75, 3.05) is 10.6 Å². The molecule has 3 aromatic rings. The van der Waals surface area contributed by atoms with Crippen LogP contribution in [0.4, 0.5) is 10.9 Å². The first kappa shape index (κ1) is 14.6. The van der Waals surface area contributed by atoms with Crippen molar-refractivity contribution < 1.29 is 4.79 Å². The molecule has 0 spiro atoms. The van der Waals surface area contributed by atoms with Gasteiger partial charge >= 0.3 is 0 Å². The zero-order valence-corrected chi connectivity index (χ0v) is 13.4. The van der Waals surface area contributed by atoms with Gasteiger partial charge in [0.15, 0.2) is 0 Å². The quantitative estimate of drug-likeness (QED) is 0.750. The Kier molecular flexibility index (Phi) is 4.40. The highest BCUT2D eigenvalue weighted by Gasteiger charge is 2.08. The third kappa shape index (κ3) is 3.46. The number of hydrogen-bond donors (Lipinski definition) is 2. The number of aryl methyl sites for hydroxylation is 1. The monoisotopic (exact) mass is 331 g/mol. The van der Waals surface area contributed by atoms with E-state index in [2.05, 4.69) is 44.2 Å². The molecule has 3 aromatic heterocycles. The zero-order valence-electron chi connectivity index (χ0n) is 11.7. The lowest BCUT2D eigenvalue weighted by Crippen LogP contribution is -2.12. The van der Waals surface area contributed by atoms with Gasteiger partial charge in [0, 0.05) is 11.1 Å². The van der Waals surface area contributed by atoms with Crippen molar-refractivity contribution in [2.45, 2.75) is 13.5 Å². The minimum atomic E-state index is -0.245. The highest BCUT2D eigenvalue weighted by atomic mass is 32.1. The van der Waals surface area contributed by atoms with Crippen LogP contribution >= 0.6 is 22.7 Å². The number of aromatic nitrogens is 3. The van der Waals surface area contributed by atoms with Gasteiger partial charge in [-0.15, -0.1) is 21.5 Å². The van der Waals surface area contributed by atoms with E-state index in [1.807, 2.05) is 0 Å². The van der Waals surface area contributed by atoms with E-state index in [1.54, 1.807) is 35.2 Å². The third-order valence-corrected chi connectivity index (χ3v) is 4.63. The summed E-state index contributed by atoms with van der Waals surface area (Å²) in [5.74, 6) is 0.491. The van der Waals surface area contributed by atoms with E-state index in [4.69, 9.17) is 0 Å². The van der Waals surface area contributed by atoms with Crippen molar-refractivity contribution in [2.24, 2.45) is 0 Å². The Hall–Kier alpha value is -2.32. The molecule has 3 heterocycles. The van der Waals surface area contributed by atoms with E-state index in [1.165, 1.54) is 21.8 Å². The topological polar surface area (TPSA) is 79.8 Å². The number of carbonyl (C=O) groups excluding carboxylic acids is 1. The standard InChI is InChI=1S/C14H13N5OS2/c1-9-4-5-21-11(9)7-16-12-3-2-10(6-15-12)13(20)18-14-19-17-8-22-14/h2-6,8H,7H2,1H3,(H,15,16)(H,18,19,20). The number of anilines is 2. The number of amides is 1. The van der Waals surface area contributed by atoms with Crippen LogP contribution in [0.5, 0.6) is 0 Å². The summed E-state index contributed by atoms with van der Waals surface area (Å²) in [5.41, 5.74) is 3.31. The first-order valence-corrected chi connectivity index (χ1v) is 8.29.